The van der Waals surface area contributed by atoms with Crippen LogP contribution < -0.4 is 0 Å². The molecule has 4 rings (SSSR count). The summed E-state index contributed by atoms with van der Waals surface area (Å²) in [6.07, 6.45) is 7.19. The summed E-state index contributed by atoms with van der Waals surface area (Å²) in [5, 5.41) is 6.73. The maximum atomic E-state index is 13.2. The first-order chi connectivity index (χ1) is 11.7. The Balaban J connectivity index is 1.68. The summed E-state index contributed by atoms with van der Waals surface area (Å²) in [5.74, 6) is 1.49. The maximum Gasteiger partial charge on any atom is 0.255 e. The standard InChI is InChI=1S/C17H18N6O/c1-22-9-8-18-15(22)10-23(12-6-7-12)17(24)14-5-3-2-4-13(14)16-19-11-20-21-16/h2-5,8-9,11-12H,6-7,10H2,1H3,(H,19,20,21). The zero-order chi connectivity index (χ0) is 16.5. The van der Waals surface area contributed by atoms with Crippen LogP contribution >= 0.6 is 0 Å². The fourth-order valence-electron chi connectivity index (χ4n) is 2.82. The van der Waals surface area contributed by atoms with Crippen molar-refractivity contribution in [3.8, 4) is 11.4 Å². The van der Waals surface area contributed by atoms with E-state index in [0.717, 1.165) is 24.2 Å². The van der Waals surface area contributed by atoms with Crippen molar-refractivity contribution >= 4 is 5.91 Å². The van der Waals surface area contributed by atoms with Crippen LogP contribution in [0.2, 0.25) is 0 Å². The van der Waals surface area contributed by atoms with Crippen molar-refractivity contribution in [1.29, 1.82) is 0 Å². The number of carbonyl (C=O) groups is 1. The van der Waals surface area contributed by atoms with Gasteiger partial charge in [-0.25, -0.2) is 9.97 Å². The molecule has 0 bridgehead atoms. The Labute approximate surface area is 139 Å². The van der Waals surface area contributed by atoms with Gasteiger partial charge in [0.1, 0.15) is 12.2 Å². The van der Waals surface area contributed by atoms with Crippen LogP contribution in [0.5, 0.6) is 0 Å². The lowest BCUT2D eigenvalue weighted by Crippen LogP contribution is -2.34. The molecule has 7 heteroatoms. The molecule has 122 valence electrons. The third kappa shape index (κ3) is 2.68. The third-order valence-corrected chi connectivity index (χ3v) is 4.31. The second-order valence-electron chi connectivity index (χ2n) is 6.00. The lowest BCUT2D eigenvalue weighted by Gasteiger charge is -2.23. The molecular formula is C17H18N6O. The number of rotatable bonds is 5. The van der Waals surface area contributed by atoms with Gasteiger partial charge in [-0.1, -0.05) is 18.2 Å². The average Bonchev–Trinajstić information content (AvgIpc) is 3.13. The Morgan fingerprint density at radius 3 is 2.83 bits per heavy atom. The van der Waals surface area contributed by atoms with Crippen molar-refractivity contribution in [2.75, 3.05) is 0 Å². The van der Waals surface area contributed by atoms with E-state index in [1.165, 1.54) is 6.33 Å². The molecule has 1 aromatic carbocycles. The summed E-state index contributed by atoms with van der Waals surface area (Å²) in [4.78, 5) is 23.7. The number of nitrogens with zero attached hydrogens (tertiary/aromatic N) is 5. The summed E-state index contributed by atoms with van der Waals surface area (Å²) in [6.45, 7) is 0.512. The van der Waals surface area contributed by atoms with Crippen LogP contribution in [0.3, 0.4) is 0 Å². The van der Waals surface area contributed by atoms with Crippen LogP contribution in [-0.4, -0.2) is 41.6 Å². The van der Waals surface area contributed by atoms with E-state index in [2.05, 4.69) is 20.2 Å². The van der Waals surface area contributed by atoms with Gasteiger partial charge in [0.15, 0.2) is 5.82 Å². The molecule has 3 aromatic rings. The zero-order valence-electron chi connectivity index (χ0n) is 13.4. The van der Waals surface area contributed by atoms with E-state index < -0.39 is 0 Å². The van der Waals surface area contributed by atoms with Crippen molar-refractivity contribution in [2.45, 2.75) is 25.4 Å². The number of hydrogen-bond donors (Lipinski definition) is 1. The van der Waals surface area contributed by atoms with Crippen molar-refractivity contribution < 1.29 is 4.79 Å². The van der Waals surface area contributed by atoms with E-state index in [1.54, 1.807) is 6.20 Å². The van der Waals surface area contributed by atoms with E-state index in [1.807, 2.05) is 47.0 Å². The first-order valence-corrected chi connectivity index (χ1v) is 7.96. The van der Waals surface area contributed by atoms with E-state index in [4.69, 9.17) is 0 Å². The van der Waals surface area contributed by atoms with Crippen LogP contribution in [0.1, 0.15) is 29.0 Å². The van der Waals surface area contributed by atoms with E-state index in [-0.39, 0.29) is 11.9 Å². The fraction of sp³-hybridized carbons (Fsp3) is 0.294. The highest BCUT2D eigenvalue weighted by atomic mass is 16.2. The van der Waals surface area contributed by atoms with Gasteiger partial charge in [-0.15, -0.1) is 0 Å². The van der Waals surface area contributed by atoms with Crippen LogP contribution in [0, 0.1) is 0 Å². The lowest BCUT2D eigenvalue weighted by molar-refractivity contribution is 0.0724. The highest BCUT2D eigenvalue weighted by Gasteiger charge is 2.34. The monoisotopic (exact) mass is 322 g/mol. The number of nitrogens with one attached hydrogen (secondary N) is 1. The van der Waals surface area contributed by atoms with Crippen LogP contribution in [0.15, 0.2) is 43.0 Å². The number of hydrogen-bond acceptors (Lipinski definition) is 4. The largest absolute Gasteiger partial charge is 0.337 e. The molecule has 1 saturated carbocycles. The molecule has 0 saturated heterocycles. The summed E-state index contributed by atoms with van der Waals surface area (Å²) >= 11 is 0. The predicted octanol–water partition coefficient (Wildman–Crippen LogP) is 2.01. The summed E-state index contributed by atoms with van der Waals surface area (Å²) in [7, 11) is 1.94. The van der Waals surface area contributed by atoms with Gasteiger partial charge < -0.3 is 9.47 Å². The second kappa shape index (κ2) is 5.92. The number of imidazole rings is 1. The number of aryl methyl sites for hydroxylation is 1. The first-order valence-electron chi connectivity index (χ1n) is 7.96. The van der Waals surface area contributed by atoms with Crippen LogP contribution in [0.4, 0.5) is 0 Å². The maximum absolute atomic E-state index is 13.2. The normalized spacial score (nSPS) is 13.9. The molecular weight excluding hydrogens is 304 g/mol. The number of benzene rings is 1. The minimum Gasteiger partial charge on any atom is -0.337 e. The van der Waals surface area contributed by atoms with E-state index >= 15 is 0 Å². The highest BCUT2D eigenvalue weighted by Crippen LogP contribution is 2.31. The Hall–Kier alpha value is -2.96. The van der Waals surface area contributed by atoms with Gasteiger partial charge in [0.05, 0.1) is 12.1 Å². The molecule has 1 N–H and O–H groups in total. The molecule has 2 heterocycles. The van der Waals surface area contributed by atoms with E-state index in [0.29, 0.717) is 17.9 Å². The molecule has 7 nitrogen and oxygen atoms in total. The van der Waals surface area contributed by atoms with Crippen LogP contribution in [-0.2, 0) is 13.6 Å². The Morgan fingerprint density at radius 2 is 2.17 bits per heavy atom. The van der Waals surface area contributed by atoms with Crippen LogP contribution in [0.25, 0.3) is 11.4 Å². The van der Waals surface area contributed by atoms with Crippen molar-refractivity contribution in [1.82, 2.24) is 29.6 Å². The number of carbonyl (C=O) groups excluding carboxylic acids is 1. The van der Waals surface area contributed by atoms with E-state index in [9.17, 15) is 4.79 Å². The summed E-state index contributed by atoms with van der Waals surface area (Å²) < 4.78 is 1.95. The second-order valence-corrected chi connectivity index (χ2v) is 6.00. The molecule has 1 fully saturated rings. The lowest BCUT2D eigenvalue weighted by atomic mass is 10.1. The Kier molecular flexibility index (Phi) is 3.60. The van der Waals surface area contributed by atoms with Gasteiger partial charge in [0, 0.05) is 31.0 Å². The molecule has 1 aliphatic carbocycles. The number of aromatic amines is 1. The molecule has 1 amide bonds. The van der Waals surface area contributed by atoms with Gasteiger partial charge in [-0.05, 0) is 18.9 Å². The quantitative estimate of drug-likeness (QED) is 0.779. The fourth-order valence-corrected chi connectivity index (χ4v) is 2.82. The van der Waals surface area contributed by atoms with Crippen molar-refractivity contribution in [3.05, 3.63) is 54.4 Å². The van der Waals surface area contributed by atoms with Gasteiger partial charge in [0.25, 0.3) is 5.91 Å². The Bertz CT molecular complexity index is 850. The number of amides is 1. The predicted molar refractivity (Wildman–Crippen MR) is 87.9 cm³/mol. The molecule has 0 aliphatic heterocycles. The smallest absolute Gasteiger partial charge is 0.255 e. The average molecular weight is 322 g/mol. The van der Waals surface area contributed by atoms with Crippen molar-refractivity contribution in [2.24, 2.45) is 7.05 Å². The van der Waals surface area contributed by atoms with Gasteiger partial charge in [-0.3, -0.25) is 9.89 Å². The minimum atomic E-state index is 0.00694. The van der Waals surface area contributed by atoms with Crippen molar-refractivity contribution in [3.63, 3.8) is 0 Å². The first kappa shape index (κ1) is 14.6. The SMILES string of the molecule is Cn1ccnc1CN(C(=O)c1ccccc1-c1ncn[nH]1)C1CC1. The molecule has 2 aromatic heterocycles. The number of aromatic nitrogens is 5. The molecule has 0 spiro atoms. The number of H-pyrrole nitrogens is 1. The minimum absolute atomic E-state index is 0.00694. The summed E-state index contributed by atoms with van der Waals surface area (Å²) in [5.41, 5.74) is 1.40. The zero-order valence-corrected chi connectivity index (χ0v) is 13.4. The van der Waals surface area contributed by atoms with Gasteiger partial charge in [0.2, 0.25) is 0 Å². The highest BCUT2D eigenvalue weighted by molar-refractivity contribution is 6.00. The summed E-state index contributed by atoms with van der Waals surface area (Å²) in [6, 6.07) is 7.79. The topological polar surface area (TPSA) is 79.7 Å². The van der Waals surface area contributed by atoms with Gasteiger partial charge in [-0.2, -0.15) is 5.10 Å². The van der Waals surface area contributed by atoms with Gasteiger partial charge >= 0.3 is 0 Å². The Morgan fingerprint density at radius 1 is 1.33 bits per heavy atom. The molecule has 24 heavy (non-hydrogen) atoms. The molecule has 1 aliphatic rings. The molecule has 0 atom stereocenters. The molecule has 0 radical (unpaired) electrons. The molecule has 0 unspecified atom stereocenters. The third-order valence-electron chi connectivity index (χ3n) is 4.31.